The molecule has 0 bridgehead atoms. The van der Waals surface area contributed by atoms with E-state index in [9.17, 15) is 4.79 Å². The zero-order chi connectivity index (χ0) is 12.5. The van der Waals surface area contributed by atoms with Crippen LogP contribution in [0.25, 0.3) is 0 Å². The summed E-state index contributed by atoms with van der Waals surface area (Å²) in [7, 11) is 1.66. The smallest absolute Gasteiger partial charge is 0.236 e. The molecular formula is C12H24N2O3. The van der Waals surface area contributed by atoms with Gasteiger partial charge in [-0.25, -0.2) is 0 Å². The fourth-order valence-corrected chi connectivity index (χ4v) is 1.87. The van der Waals surface area contributed by atoms with Gasteiger partial charge in [0.05, 0.1) is 6.04 Å². The fraction of sp³-hybridized carbons (Fsp3) is 0.917. The molecule has 0 spiro atoms. The van der Waals surface area contributed by atoms with E-state index in [2.05, 4.69) is 10.6 Å². The number of carbonyl (C=O) groups is 1. The second-order valence-electron chi connectivity index (χ2n) is 4.41. The summed E-state index contributed by atoms with van der Waals surface area (Å²) in [6.07, 6.45) is 2.83. The SMILES string of the molecule is COCCCNC(=O)C(C)NC1CCOCC1. The van der Waals surface area contributed by atoms with E-state index >= 15 is 0 Å². The molecule has 0 aliphatic carbocycles. The molecule has 100 valence electrons. The highest BCUT2D eigenvalue weighted by molar-refractivity contribution is 5.81. The Kier molecular flexibility index (Phi) is 7.16. The second kappa shape index (κ2) is 8.44. The maximum atomic E-state index is 11.7. The van der Waals surface area contributed by atoms with Crippen molar-refractivity contribution in [3.05, 3.63) is 0 Å². The molecule has 1 fully saturated rings. The van der Waals surface area contributed by atoms with E-state index in [-0.39, 0.29) is 11.9 Å². The third kappa shape index (κ3) is 6.00. The summed E-state index contributed by atoms with van der Waals surface area (Å²) in [6.45, 7) is 4.84. The van der Waals surface area contributed by atoms with Crippen molar-refractivity contribution in [2.24, 2.45) is 0 Å². The average Bonchev–Trinajstić information content (AvgIpc) is 2.35. The van der Waals surface area contributed by atoms with Gasteiger partial charge >= 0.3 is 0 Å². The molecule has 1 rings (SSSR count). The van der Waals surface area contributed by atoms with Gasteiger partial charge in [0.15, 0.2) is 0 Å². The first-order chi connectivity index (χ1) is 8.24. The van der Waals surface area contributed by atoms with E-state index in [1.807, 2.05) is 6.92 Å². The van der Waals surface area contributed by atoms with Crippen LogP contribution in [0.2, 0.25) is 0 Å². The molecule has 0 aromatic rings. The predicted octanol–water partition coefficient (Wildman–Crippen LogP) is 0.296. The molecule has 1 aliphatic heterocycles. The topological polar surface area (TPSA) is 59.6 Å². The van der Waals surface area contributed by atoms with Gasteiger partial charge in [-0.1, -0.05) is 0 Å². The molecule has 0 aromatic heterocycles. The minimum atomic E-state index is -0.138. The van der Waals surface area contributed by atoms with Crippen molar-refractivity contribution in [2.45, 2.75) is 38.3 Å². The van der Waals surface area contributed by atoms with Crippen LogP contribution in [-0.2, 0) is 14.3 Å². The highest BCUT2D eigenvalue weighted by Gasteiger charge is 2.19. The largest absolute Gasteiger partial charge is 0.385 e. The predicted molar refractivity (Wildman–Crippen MR) is 65.9 cm³/mol. The van der Waals surface area contributed by atoms with Crippen LogP contribution in [0.5, 0.6) is 0 Å². The molecule has 1 saturated heterocycles. The Hall–Kier alpha value is -0.650. The van der Waals surface area contributed by atoms with Gasteiger partial charge < -0.3 is 20.1 Å². The summed E-state index contributed by atoms with van der Waals surface area (Å²) in [5.41, 5.74) is 0. The Bertz CT molecular complexity index is 218. The molecule has 5 heteroatoms. The summed E-state index contributed by atoms with van der Waals surface area (Å²) in [5.74, 6) is 0.0626. The quantitative estimate of drug-likeness (QED) is 0.632. The van der Waals surface area contributed by atoms with Crippen molar-refractivity contribution in [1.29, 1.82) is 0 Å². The van der Waals surface area contributed by atoms with Crippen molar-refractivity contribution < 1.29 is 14.3 Å². The number of carbonyl (C=O) groups excluding carboxylic acids is 1. The van der Waals surface area contributed by atoms with Crippen LogP contribution >= 0.6 is 0 Å². The third-order valence-electron chi connectivity index (χ3n) is 2.92. The Labute approximate surface area is 103 Å². The molecule has 1 aliphatic rings. The summed E-state index contributed by atoms with van der Waals surface area (Å²) in [6, 6.07) is 0.268. The maximum Gasteiger partial charge on any atom is 0.236 e. The molecular weight excluding hydrogens is 220 g/mol. The highest BCUT2D eigenvalue weighted by atomic mass is 16.5. The lowest BCUT2D eigenvalue weighted by atomic mass is 10.1. The maximum absolute atomic E-state index is 11.7. The lowest BCUT2D eigenvalue weighted by Gasteiger charge is -2.26. The number of hydrogen-bond acceptors (Lipinski definition) is 4. The number of hydrogen-bond donors (Lipinski definition) is 2. The van der Waals surface area contributed by atoms with Gasteiger partial charge in [0, 0.05) is 39.5 Å². The number of rotatable bonds is 7. The average molecular weight is 244 g/mol. The van der Waals surface area contributed by atoms with Crippen molar-refractivity contribution in [3.8, 4) is 0 Å². The second-order valence-corrected chi connectivity index (χ2v) is 4.41. The molecule has 1 heterocycles. The number of ether oxygens (including phenoxy) is 2. The number of amides is 1. The molecule has 0 saturated carbocycles. The van der Waals surface area contributed by atoms with E-state index in [0.717, 1.165) is 32.5 Å². The molecule has 5 nitrogen and oxygen atoms in total. The monoisotopic (exact) mass is 244 g/mol. The van der Waals surface area contributed by atoms with E-state index in [4.69, 9.17) is 9.47 Å². The van der Waals surface area contributed by atoms with Gasteiger partial charge in [-0.3, -0.25) is 4.79 Å². The summed E-state index contributed by atoms with van der Waals surface area (Å²) in [4.78, 5) is 11.7. The number of nitrogens with one attached hydrogen (secondary N) is 2. The van der Waals surface area contributed by atoms with Gasteiger partial charge in [-0.15, -0.1) is 0 Å². The van der Waals surface area contributed by atoms with Gasteiger partial charge in [0.2, 0.25) is 5.91 Å². The van der Waals surface area contributed by atoms with E-state index in [0.29, 0.717) is 19.2 Å². The highest BCUT2D eigenvalue weighted by Crippen LogP contribution is 2.06. The van der Waals surface area contributed by atoms with Gasteiger partial charge in [-0.2, -0.15) is 0 Å². The molecule has 1 unspecified atom stereocenters. The van der Waals surface area contributed by atoms with Crippen LogP contribution in [-0.4, -0.2) is 51.5 Å². The molecule has 17 heavy (non-hydrogen) atoms. The van der Waals surface area contributed by atoms with Crippen LogP contribution in [0.4, 0.5) is 0 Å². The van der Waals surface area contributed by atoms with Crippen LogP contribution in [0.3, 0.4) is 0 Å². The van der Waals surface area contributed by atoms with E-state index in [1.54, 1.807) is 7.11 Å². The standard InChI is InChI=1S/C12H24N2O3/c1-10(12(15)13-6-3-7-16-2)14-11-4-8-17-9-5-11/h10-11,14H,3-9H2,1-2H3,(H,13,15). The van der Waals surface area contributed by atoms with Crippen LogP contribution < -0.4 is 10.6 Å². The lowest BCUT2D eigenvalue weighted by molar-refractivity contribution is -0.123. The molecule has 0 aromatic carbocycles. The summed E-state index contributed by atoms with van der Waals surface area (Å²) < 4.78 is 10.2. The Balaban J connectivity index is 2.12. The third-order valence-corrected chi connectivity index (χ3v) is 2.92. The normalized spacial score (nSPS) is 18.9. The van der Waals surface area contributed by atoms with Crippen molar-refractivity contribution in [1.82, 2.24) is 10.6 Å². The van der Waals surface area contributed by atoms with E-state index in [1.165, 1.54) is 0 Å². The van der Waals surface area contributed by atoms with Crippen molar-refractivity contribution in [2.75, 3.05) is 33.5 Å². The van der Waals surface area contributed by atoms with Gasteiger partial charge in [0.1, 0.15) is 0 Å². The first-order valence-electron chi connectivity index (χ1n) is 6.34. The van der Waals surface area contributed by atoms with Gasteiger partial charge in [0.25, 0.3) is 0 Å². The van der Waals surface area contributed by atoms with Crippen LogP contribution in [0.15, 0.2) is 0 Å². The Morgan fingerprint density at radius 1 is 1.47 bits per heavy atom. The summed E-state index contributed by atoms with van der Waals surface area (Å²) >= 11 is 0. The van der Waals surface area contributed by atoms with Crippen LogP contribution in [0, 0.1) is 0 Å². The van der Waals surface area contributed by atoms with Crippen molar-refractivity contribution in [3.63, 3.8) is 0 Å². The molecule has 1 atom stereocenters. The zero-order valence-corrected chi connectivity index (χ0v) is 10.8. The molecule has 0 radical (unpaired) electrons. The minimum Gasteiger partial charge on any atom is -0.385 e. The lowest BCUT2D eigenvalue weighted by Crippen LogP contribution is -2.48. The molecule has 2 N–H and O–H groups in total. The molecule has 1 amide bonds. The van der Waals surface area contributed by atoms with Crippen LogP contribution in [0.1, 0.15) is 26.2 Å². The minimum absolute atomic E-state index is 0.0626. The first-order valence-corrected chi connectivity index (χ1v) is 6.34. The zero-order valence-electron chi connectivity index (χ0n) is 10.8. The van der Waals surface area contributed by atoms with E-state index < -0.39 is 0 Å². The Morgan fingerprint density at radius 2 is 2.18 bits per heavy atom. The van der Waals surface area contributed by atoms with Gasteiger partial charge in [-0.05, 0) is 26.2 Å². The summed E-state index contributed by atoms with van der Waals surface area (Å²) in [5, 5.41) is 6.23. The Morgan fingerprint density at radius 3 is 2.82 bits per heavy atom. The number of methoxy groups -OCH3 is 1. The van der Waals surface area contributed by atoms with Crippen molar-refractivity contribution >= 4 is 5.91 Å². The fourth-order valence-electron chi connectivity index (χ4n) is 1.87. The first kappa shape index (κ1) is 14.4.